The zero-order valence-electron chi connectivity index (χ0n) is 21.6. The number of urea groups is 1. The molecule has 2 aliphatic carbocycles. The van der Waals surface area contributed by atoms with Crippen LogP contribution in [0.5, 0.6) is 0 Å². The SMILES string of the molecule is CC(C)N(CCN(C(=O)Nc1cc(F)cc(F)c1)C1CC[C@]2(c3cccc(C#N)c3)CC2C1)C(C)C. The van der Waals surface area contributed by atoms with E-state index in [1.807, 2.05) is 23.1 Å². The molecular formula is C29H36F2N4O. The number of nitriles is 1. The second-order valence-corrected chi connectivity index (χ2v) is 10.9. The highest BCUT2D eigenvalue weighted by molar-refractivity contribution is 5.89. The Kier molecular flexibility index (Phi) is 7.65. The fourth-order valence-corrected chi connectivity index (χ4v) is 6.15. The van der Waals surface area contributed by atoms with Gasteiger partial charge < -0.3 is 10.2 Å². The van der Waals surface area contributed by atoms with Crippen LogP contribution in [0.25, 0.3) is 0 Å². The third-order valence-electron chi connectivity index (χ3n) is 8.02. The summed E-state index contributed by atoms with van der Waals surface area (Å²) in [6.07, 6.45) is 3.74. The van der Waals surface area contributed by atoms with Gasteiger partial charge in [0.15, 0.2) is 0 Å². The van der Waals surface area contributed by atoms with E-state index in [2.05, 4.69) is 50.0 Å². The summed E-state index contributed by atoms with van der Waals surface area (Å²) < 4.78 is 27.5. The molecule has 2 aromatic rings. The number of nitrogens with zero attached hydrogens (tertiary/aromatic N) is 3. The third-order valence-corrected chi connectivity index (χ3v) is 8.02. The van der Waals surface area contributed by atoms with E-state index in [0.717, 1.165) is 50.4 Å². The Bertz CT molecular complexity index is 1120. The van der Waals surface area contributed by atoms with Crippen LogP contribution in [-0.2, 0) is 5.41 Å². The molecule has 2 saturated carbocycles. The van der Waals surface area contributed by atoms with Crippen LogP contribution >= 0.6 is 0 Å². The van der Waals surface area contributed by atoms with Crippen LogP contribution in [-0.4, -0.2) is 47.0 Å². The first kappa shape index (κ1) is 26.1. The lowest BCUT2D eigenvalue weighted by atomic mass is 9.80. The molecule has 3 atom stereocenters. The lowest BCUT2D eigenvalue weighted by Crippen LogP contribution is -2.50. The quantitative estimate of drug-likeness (QED) is 0.469. The predicted molar refractivity (Wildman–Crippen MR) is 138 cm³/mol. The number of hydrogen-bond donors (Lipinski definition) is 1. The minimum Gasteiger partial charge on any atom is -0.320 e. The smallest absolute Gasteiger partial charge is 0.320 e. The maximum Gasteiger partial charge on any atom is 0.322 e. The number of fused-ring (bicyclic) bond motifs is 1. The summed E-state index contributed by atoms with van der Waals surface area (Å²) in [5, 5.41) is 12.1. The summed E-state index contributed by atoms with van der Waals surface area (Å²) in [5.74, 6) is -0.983. The van der Waals surface area contributed by atoms with Crippen LogP contribution in [0, 0.1) is 28.9 Å². The number of benzene rings is 2. The number of halogens is 2. The van der Waals surface area contributed by atoms with Gasteiger partial charge in [-0.2, -0.15) is 5.26 Å². The Hall–Kier alpha value is -2.98. The molecule has 2 unspecified atom stereocenters. The molecule has 2 fully saturated rings. The van der Waals surface area contributed by atoms with Gasteiger partial charge in [-0.3, -0.25) is 4.90 Å². The molecule has 0 bridgehead atoms. The summed E-state index contributed by atoms with van der Waals surface area (Å²) in [4.78, 5) is 17.7. The van der Waals surface area contributed by atoms with Crippen molar-refractivity contribution in [3.63, 3.8) is 0 Å². The number of nitrogens with one attached hydrogen (secondary N) is 1. The van der Waals surface area contributed by atoms with E-state index in [9.17, 15) is 18.8 Å². The summed E-state index contributed by atoms with van der Waals surface area (Å²) >= 11 is 0. The van der Waals surface area contributed by atoms with Crippen molar-refractivity contribution in [2.24, 2.45) is 5.92 Å². The third kappa shape index (κ3) is 5.54. The highest BCUT2D eigenvalue weighted by Crippen LogP contribution is 2.62. The predicted octanol–water partition coefficient (Wildman–Crippen LogP) is 6.30. The molecule has 192 valence electrons. The van der Waals surface area contributed by atoms with E-state index >= 15 is 0 Å². The summed E-state index contributed by atoms with van der Waals surface area (Å²) in [6, 6.07) is 13.6. The van der Waals surface area contributed by atoms with Crippen molar-refractivity contribution in [3.8, 4) is 6.07 Å². The molecule has 1 N–H and O–H groups in total. The first-order valence-electron chi connectivity index (χ1n) is 12.9. The van der Waals surface area contributed by atoms with Gasteiger partial charge in [-0.1, -0.05) is 12.1 Å². The first-order valence-corrected chi connectivity index (χ1v) is 12.9. The zero-order valence-corrected chi connectivity index (χ0v) is 21.6. The van der Waals surface area contributed by atoms with Gasteiger partial charge in [-0.15, -0.1) is 0 Å². The lowest BCUT2D eigenvalue weighted by molar-refractivity contribution is 0.120. The summed E-state index contributed by atoms with van der Waals surface area (Å²) in [5.41, 5.74) is 2.12. The van der Waals surface area contributed by atoms with Gasteiger partial charge in [0.1, 0.15) is 11.6 Å². The van der Waals surface area contributed by atoms with Crippen LogP contribution in [0.3, 0.4) is 0 Å². The average Bonchev–Trinajstić information content (AvgIpc) is 3.55. The molecular weight excluding hydrogens is 458 g/mol. The van der Waals surface area contributed by atoms with E-state index in [1.165, 1.54) is 5.56 Å². The van der Waals surface area contributed by atoms with Crippen LogP contribution in [0.1, 0.15) is 64.5 Å². The average molecular weight is 495 g/mol. The molecule has 0 saturated heterocycles. The molecule has 4 rings (SSSR count). The Morgan fingerprint density at radius 3 is 2.42 bits per heavy atom. The van der Waals surface area contributed by atoms with Gasteiger partial charge in [0.2, 0.25) is 0 Å². The van der Waals surface area contributed by atoms with Gasteiger partial charge in [0, 0.05) is 43.0 Å². The van der Waals surface area contributed by atoms with Crippen LogP contribution in [0.4, 0.5) is 19.3 Å². The Morgan fingerprint density at radius 1 is 1.11 bits per heavy atom. The molecule has 0 spiro atoms. The Balaban J connectivity index is 1.51. The molecule has 0 aromatic heterocycles. The molecule has 5 nitrogen and oxygen atoms in total. The molecule has 36 heavy (non-hydrogen) atoms. The van der Waals surface area contributed by atoms with E-state index < -0.39 is 11.6 Å². The lowest BCUT2D eigenvalue weighted by Gasteiger charge is -2.39. The van der Waals surface area contributed by atoms with Gasteiger partial charge in [0.05, 0.1) is 11.6 Å². The summed E-state index contributed by atoms with van der Waals surface area (Å²) in [6.45, 7) is 9.84. The van der Waals surface area contributed by atoms with Gasteiger partial charge >= 0.3 is 6.03 Å². The topological polar surface area (TPSA) is 59.4 Å². The van der Waals surface area contributed by atoms with Crippen molar-refractivity contribution in [1.29, 1.82) is 5.26 Å². The van der Waals surface area contributed by atoms with Gasteiger partial charge in [-0.25, -0.2) is 13.6 Å². The van der Waals surface area contributed by atoms with E-state index in [4.69, 9.17) is 0 Å². The van der Waals surface area contributed by atoms with E-state index in [0.29, 0.717) is 30.1 Å². The number of hydrogen-bond acceptors (Lipinski definition) is 3. The van der Waals surface area contributed by atoms with Crippen LogP contribution in [0.2, 0.25) is 0 Å². The molecule has 2 amide bonds. The van der Waals surface area contributed by atoms with Crippen molar-refractivity contribution < 1.29 is 13.6 Å². The largest absolute Gasteiger partial charge is 0.322 e. The highest BCUT2D eigenvalue weighted by atomic mass is 19.1. The van der Waals surface area contributed by atoms with Crippen molar-refractivity contribution >= 4 is 11.7 Å². The number of rotatable bonds is 8. The Labute approximate surface area is 213 Å². The zero-order chi connectivity index (χ0) is 26.0. The Morgan fingerprint density at radius 2 is 1.81 bits per heavy atom. The minimum atomic E-state index is -0.720. The number of carbonyl (C=O) groups is 1. The number of amides is 2. The molecule has 0 heterocycles. The fourth-order valence-electron chi connectivity index (χ4n) is 6.15. The number of anilines is 1. The fraction of sp³-hybridized carbons (Fsp3) is 0.517. The van der Waals surface area contributed by atoms with E-state index in [-0.39, 0.29) is 23.2 Å². The second kappa shape index (κ2) is 10.6. The molecule has 0 aliphatic heterocycles. The molecule has 0 radical (unpaired) electrons. The second-order valence-electron chi connectivity index (χ2n) is 10.9. The van der Waals surface area contributed by atoms with E-state index in [1.54, 1.807) is 0 Å². The highest BCUT2D eigenvalue weighted by Gasteiger charge is 2.58. The van der Waals surface area contributed by atoms with Crippen molar-refractivity contribution in [1.82, 2.24) is 9.80 Å². The maximum absolute atomic E-state index is 13.7. The normalized spacial score (nSPS) is 22.9. The van der Waals surface area contributed by atoms with Crippen LogP contribution < -0.4 is 5.32 Å². The van der Waals surface area contributed by atoms with Crippen molar-refractivity contribution in [2.75, 3.05) is 18.4 Å². The first-order chi connectivity index (χ1) is 17.1. The van der Waals surface area contributed by atoms with Crippen LogP contribution in [0.15, 0.2) is 42.5 Å². The monoisotopic (exact) mass is 494 g/mol. The minimum absolute atomic E-state index is 0.0457. The summed E-state index contributed by atoms with van der Waals surface area (Å²) in [7, 11) is 0. The molecule has 7 heteroatoms. The van der Waals surface area contributed by atoms with Crippen molar-refractivity contribution in [2.45, 2.75) is 76.9 Å². The molecule has 2 aliphatic rings. The number of carbonyl (C=O) groups excluding carboxylic acids is 1. The van der Waals surface area contributed by atoms with Gasteiger partial charge in [0.25, 0.3) is 0 Å². The maximum atomic E-state index is 13.7. The molecule has 2 aromatic carbocycles. The van der Waals surface area contributed by atoms with Crippen molar-refractivity contribution in [3.05, 3.63) is 65.2 Å². The standard InChI is InChI=1S/C29H36F2N4O/c1-19(2)34(20(3)4)10-11-35(28(36)33-26-15-24(30)14-25(31)16-26)27-8-9-29(17-23(29)13-27)22-7-5-6-21(12-22)18-32/h5-7,12,14-16,19-20,23,27H,8-11,13,17H2,1-4H3,(H,33,36)/t23?,27?,29-/m1/s1. The van der Waals surface area contributed by atoms with Gasteiger partial charge in [-0.05, 0) is 94.5 Å².